The highest BCUT2D eigenvalue weighted by atomic mass is 19.4. The molecule has 0 saturated carbocycles. The van der Waals surface area contributed by atoms with Gasteiger partial charge >= 0.3 is 12.1 Å². The molecule has 0 bridgehead atoms. The normalized spacial score (nSPS) is 15.1. The molecule has 0 atom stereocenters. The van der Waals surface area contributed by atoms with Gasteiger partial charge in [0.1, 0.15) is 0 Å². The quantitative estimate of drug-likeness (QED) is 0.687. The first-order valence-corrected chi connectivity index (χ1v) is 9.87. The maximum Gasteiger partial charge on any atom is 0.418 e. The van der Waals surface area contributed by atoms with Gasteiger partial charge in [-0.05, 0) is 38.8 Å². The van der Waals surface area contributed by atoms with E-state index in [-0.39, 0.29) is 43.0 Å². The predicted molar refractivity (Wildman–Crippen MR) is 105 cm³/mol. The fraction of sp³-hybridized carbons (Fsp3) is 0.429. The van der Waals surface area contributed by atoms with Crippen molar-refractivity contribution >= 4 is 11.9 Å². The maximum atomic E-state index is 13.4. The van der Waals surface area contributed by atoms with Crippen molar-refractivity contribution in [1.29, 1.82) is 0 Å². The number of likely N-dealkylation sites (tertiary alicyclic amines) is 1. The number of esters is 1. The summed E-state index contributed by atoms with van der Waals surface area (Å²) < 4.78 is 46.3. The van der Waals surface area contributed by atoms with Crippen LogP contribution in [0.1, 0.15) is 41.5 Å². The largest absolute Gasteiger partial charge is 0.466 e. The van der Waals surface area contributed by atoms with Crippen LogP contribution in [0.25, 0.3) is 5.69 Å². The minimum Gasteiger partial charge on any atom is -0.466 e. The summed E-state index contributed by atoms with van der Waals surface area (Å²) in [6.45, 7) is 3.86. The number of hydrogen-bond acceptors (Lipinski definition) is 5. The van der Waals surface area contributed by atoms with Crippen molar-refractivity contribution in [2.75, 3.05) is 19.7 Å². The van der Waals surface area contributed by atoms with Gasteiger partial charge in [-0.25, -0.2) is 4.68 Å². The zero-order chi connectivity index (χ0) is 22.8. The molecule has 1 aliphatic rings. The predicted octanol–water partition coefficient (Wildman–Crippen LogP) is 2.98. The number of alkyl halides is 3. The van der Waals surface area contributed by atoms with Gasteiger partial charge in [0.2, 0.25) is 5.43 Å². The Labute approximate surface area is 176 Å². The zero-order valence-electron chi connectivity index (χ0n) is 17.1. The summed E-state index contributed by atoms with van der Waals surface area (Å²) in [5.74, 6) is -1.33. The first-order valence-electron chi connectivity index (χ1n) is 9.87. The number of carbonyl (C=O) groups excluding carboxylic acids is 2. The van der Waals surface area contributed by atoms with Crippen LogP contribution in [0.5, 0.6) is 0 Å². The van der Waals surface area contributed by atoms with Crippen LogP contribution in [0, 0.1) is 12.8 Å². The molecule has 1 amide bonds. The van der Waals surface area contributed by atoms with E-state index in [0.29, 0.717) is 12.8 Å². The number of carbonyl (C=O) groups is 2. The summed E-state index contributed by atoms with van der Waals surface area (Å²) in [4.78, 5) is 38.6. The fourth-order valence-corrected chi connectivity index (χ4v) is 3.57. The molecule has 10 heteroatoms. The lowest BCUT2D eigenvalue weighted by molar-refractivity contribution is -0.149. The van der Waals surface area contributed by atoms with Crippen LogP contribution in [0.2, 0.25) is 0 Å². The van der Waals surface area contributed by atoms with E-state index in [2.05, 4.69) is 5.10 Å². The van der Waals surface area contributed by atoms with E-state index in [1.54, 1.807) is 6.92 Å². The van der Waals surface area contributed by atoms with Crippen LogP contribution in [0.3, 0.4) is 0 Å². The van der Waals surface area contributed by atoms with Crippen molar-refractivity contribution in [3.05, 3.63) is 57.5 Å². The van der Waals surface area contributed by atoms with E-state index in [4.69, 9.17) is 4.74 Å². The van der Waals surface area contributed by atoms with E-state index < -0.39 is 28.8 Å². The molecule has 3 rings (SSSR count). The molecular weight excluding hydrogens is 415 g/mol. The van der Waals surface area contributed by atoms with Gasteiger partial charge in [0.05, 0.1) is 23.8 Å². The molecule has 1 aliphatic heterocycles. The Hall–Kier alpha value is -3.17. The van der Waals surface area contributed by atoms with Crippen LogP contribution in [0.4, 0.5) is 13.2 Å². The van der Waals surface area contributed by atoms with Crippen LogP contribution in [0.15, 0.2) is 35.1 Å². The molecule has 7 nitrogen and oxygen atoms in total. The summed E-state index contributed by atoms with van der Waals surface area (Å²) >= 11 is 0. The minimum atomic E-state index is -4.63. The van der Waals surface area contributed by atoms with Gasteiger partial charge in [-0.3, -0.25) is 14.4 Å². The van der Waals surface area contributed by atoms with Crippen LogP contribution < -0.4 is 5.43 Å². The average Bonchev–Trinajstić information content (AvgIpc) is 2.73. The molecule has 0 aliphatic carbocycles. The summed E-state index contributed by atoms with van der Waals surface area (Å²) in [5, 5.41) is 4.00. The van der Waals surface area contributed by atoms with Gasteiger partial charge in [0.25, 0.3) is 5.91 Å². The topological polar surface area (TPSA) is 81.5 Å². The molecule has 0 spiro atoms. The van der Waals surface area contributed by atoms with Gasteiger partial charge in [-0.15, -0.1) is 0 Å². The third kappa shape index (κ3) is 4.78. The van der Waals surface area contributed by atoms with Crippen molar-refractivity contribution < 1.29 is 27.5 Å². The standard InChI is InChI=1S/C21H22F3N3O4/c1-3-31-20(30)14-8-10-26(11-9-14)19(29)18-17(28)12-13(2)27(25-18)16-7-5-4-6-15(16)21(22,23)24/h4-7,12,14H,3,8-11H2,1-2H3. The Morgan fingerprint density at radius 3 is 2.45 bits per heavy atom. The van der Waals surface area contributed by atoms with Gasteiger partial charge in [-0.1, -0.05) is 12.1 Å². The number of aryl methyl sites for hydroxylation is 1. The minimum absolute atomic E-state index is 0.166. The number of benzene rings is 1. The Bertz CT molecular complexity index is 1040. The molecule has 2 heterocycles. The average molecular weight is 437 g/mol. The smallest absolute Gasteiger partial charge is 0.418 e. The summed E-state index contributed by atoms with van der Waals surface area (Å²) in [7, 11) is 0. The van der Waals surface area contributed by atoms with Crippen molar-refractivity contribution in [1.82, 2.24) is 14.7 Å². The highest BCUT2D eigenvalue weighted by Gasteiger charge is 2.35. The second kappa shape index (κ2) is 8.91. The highest BCUT2D eigenvalue weighted by Crippen LogP contribution is 2.33. The number of rotatable bonds is 4. The molecule has 2 aromatic rings. The number of para-hydroxylation sites is 1. The van der Waals surface area contributed by atoms with Crippen molar-refractivity contribution in [2.24, 2.45) is 5.92 Å². The Morgan fingerprint density at radius 2 is 1.84 bits per heavy atom. The lowest BCUT2D eigenvalue weighted by atomic mass is 9.97. The van der Waals surface area contributed by atoms with Gasteiger partial charge in [-0.2, -0.15) is 18.3 Å². The van der Waals surface area contributed by atoms with Crippen molar-refractivity contribution in [2.45, 2.75) is 32.9 Å². The molecular formula is C21H22F3N3O4. The number of amides is 1. The second-order valence-electron chi connectivity index (χ2n) is 7.24. The molecule has 31 heavy (non-hydrogen) atoms. The van der Waals surface area contributed by atoms with E-state index in [9.17, 15) is 27.6 Å². The molecule has 1 aromatic heterocycles. The fourth-order valence-electron chi connectivity index (χ4n) is 3.57. The SMILES string of the molecule is CCOC(=O)C1CCN(C(=O)c2nn(-c3ccccc3C(F)(F)F)c(C)cc2=O)CC1. The molecule has 0 radical (unpaired) electrons. The lowest BCUT2D eigenvalue weighted by Crippen LogP contribution is -2.43. The van der Waals surface area contributed by atoms with Crippen molar-refractivity contribution in [3.63, 3.8) is 0 Å². The van der Waals surface area contributed by atoms with Gasteiger partial charge in [0.15, 0.2) is 5.69 Å². The number of nitrogens with zero attached hydrogens (tertiary/aromatic N) is 3. The molecule has 1 saturated heterocycles. The van der Waals surface area contributed by atoms with Crippen LogP contribution in [-0.2, 0) is 15.7 Å². The Kier molecular flexibility index (Phi) is 6.47. The van der Waals surface area contributed by atoms with Gasteiger partial charge < -0.3 is 9.64 Å². The van der Waals surface area contributed by atoms with Crippen LogP contribution >= 0.6 is 0 Å². The molecule has 0 unspecified atom stereocenters. The first-order chi connectivity index (χ1) is 14.6. The Balaban J connectivity index is 1.90. The number of aromatic nitrogens is 2. The van der Waals surface area contributed by atoms with E-state index in [1.165, 1.54) is 30.0 Å². The zero-order valence-corrected chi connectivity index (χ0v) is 17.1. The third-order valence-corrected chi connectivity index (χ3v) is 5.15. The molecule has 1 aromatic carbocycles. The first kappa shape index (κ1) is 22.5. The maximum absolute atomic E-state index is 13.4. The second-order valence-corrected chi connectivity index (χ2v) is 7.24. The monoisotopic (exact) mass is 437 g/mol. The van der Waals surface area contributed by atoms with Gasteiger partial charge in [0, 0.05) is 24.8 Å². The number of halogens is 3. The van der Waals surface area contributed by atoms with E-state index in [0.717, 1.165) is 16.8 Å². The van der Waals surface area contributed by atoms with Crippen LogP contribution in [-0.4, -0.2) is 46.3 Å². The number of hydrogen-bond donors (Lipinski definition) is 0. The molecule has 1 fully saturated rings. The summed E-state index contributed by atoms with van der Waals surface area (Å²) in [6.07, 6.45) is -3.88. The lowest BCUT2D eigenvalue weighted by Gasteiger charge is -2.30. The number of piperidine rings is 1. The molecule has 166 valence electrons. The Morgan fingerprint density at radius 1 is 1.19 bits per heavy atom. The molecule has 0 N–H and O–H groups in total. The summed E-state index contributed by atoms with van der Waals surface area (Å²) in [5.41, 5.74) is -2.17. The highest BCUT2D eigenvalue weighted by molar-refractivity contribution is 5.92. The van der Waals surface area contributed by atoms with E-state index >= 15 is 0 Å². The third-order valence-electron chi connectivity index (χ3n) is 5.15. The number of ether oxygens (including phenoxy) is 1. The van der Waals surface area contributed by atoms with E-state index in [1.807, 2.05) is 0 Å². The van der Waals surface area contributed by atoms with Crippen molar-refractivity contribution in [3.8, 4) is 5.69 Å². The summed E-state index contributed by atoms with van der Waals surface area (Å²) in [6, 6.07) is 5.91.